The standard InChI is InChI=1S/C20H24N6/c1-3-9-19(25-21-15-11-5-6-12-16(15)22-25)20(10-4-2)26-23-17-13-7-8-14-18(17)24-26/h5-8,11-14,19-20H,3-4,9-10H2,1-2H3/t19-,20-/m0/s1. The fourth-order valence-electron chi connectivity index (χ4n) is 3.56. The average Bonchev–Trinajstić information content (AvgIpc) is 3.28. The van der Waals surface area contributed by atoms with Crippen molar-refractivity contribution in [3.63, 3.8) is 0 Å². The Labute approximate surface area is 152 Å². The minimum atomic E-state index is 0.133. The van der Waals surface area contributed by atoms with E-state index in [0.717, 1.165) is 47.8 Å². The maximum absolute atomic E-state index is 4.75. The molecule has 0 saturated heterocycles. The quantitative estimate of drug-likeness (QED) is 0.491. The molecule has 0 aliphatic rings. The summed E-state index contributed by atoms with van der Waals surface area (Å²) in [5.41, 5.74) is 3.73. The first kappa shape index (κ1) is 16.7. The molecular formula is C20H24N6. The summed E-state index contributed by atoms with van der Waals surface area (Å²) in [7, 11) is 0. The highest BCUT2D eigenvalue weighted by Crippen LogP contribution is 2.31. The lowest BCUT2D eigenvalue weighted by Gasteiger charge is -2.25. The number of aromatic nitrogens is 6. The Morgan fingerprint density at radius 2 is 0.923 bits per heavy atom. The SMILES string of the molecule is CCC[C@@H]([C@H](CCC)n1nc2ccccc2n1)n1nc2ccccc2n1. The number of hydrogen-bond acceptors (Lipinski definition) is 4. The average molecular weight is 348 g/mol. The van der Waals surface area contributed by atoms with E-state index in [2.05, 4.69) is 13.8 Å². The van der Waals surface area contributed by atoms with Gasteiger partial charge in [0.1, 0.15) is 22.1 Å². The Bertz CT molecular complexity index is 854. The molecule has 6 nitrogen and oxygen atoms in total. The van der Waals surface area contributed by atoms with Gasteiger partial charge in [-0.3, -0.25) is 0 Å². The molecule has 0 aliphatic carbocycles. The molecule has 26 heavy (non-hydrogen) atoms. The highest BCUT2D eigenvalue weighted by Gasteiger charge is 2.27. The van der Waals surface area contributed by atoms with Crippen LogP contribution in [0.1, 0.15) is 51.6 Å². The molecule has 0 saturated carbocycles. The van der Waals surface area contributed by atoms with Gasteiger partial charge in [0.05, 0.1) is 12.1 Å². The van der Waals surface area contributed by atoms with Gasteiger partial charge in [-0.05, 0) is 37.1 Å². The third kappa shape index (κ3) is 3.07. The van der Waals surface area contributed by atoms with Gasteiger partial charge in [0.2, 0.25) is 0 Å². The highest BCUT2D eigenvalue weighted by atomic mass is 15.5. The molecule has 2 atom stereocenters. The van der Waals surface area contributed by atoms with E-state index in [-0.39, 0.29) is 12.1 Å². The van der Waals surface area contributed by atoms with Gasteiger partial charge < -0.3 is 0 Å². The van der Waals surface area contributed by atoms with Crippen LogP contribution in [0.4, 0.5) is 0 Å². The molecule has 2 heterocycles. The van der Waals surface area contributed by atoms with Gasteiger partial charge in [0, 0.05) is 0 Å². The number of fused-ring (bicyclic) bond motifs is 2. The normalized spacial score (nSPS) is 14.1. The van der Waals surface area contributed by atoms with Crippen molar-refractivity contribution in [3.8, 4) is 0 Å². The van der Waals surface area contributed by atoms with Crippen molar-refractivity contribution in [3.05, 3.63) is 48.5 Å². The minimum Gasteiger partial charge on any atom is -0.178 e. The van der Waals surface area contributed by atoms with Crippen LogP contribution in [-0.2, 0) is 0 Å². The monoisotopic (exact) mass is 348 g/mol. The van der Waals surface area contributed by atoms with Crippen LogP contribution in [0.3, 0.4) is 0 Å². The van der Waals surface area contributed by atoms with Crippen LogP contribution in [-0.4, -0.2) is 30.0 Å². The Morgan fingerprint density at radius 1 is 0.615 bits per heavy atom. The second-order valence-electron chi connectivity index (χ2n) is 6.73. The van der Waals surface area contributed by atoms with Crippen LogP contribution in [0.5, 0.6) is 0 Å². The van der Waals surface area contributed by atoms with Crippen molar-refractivity contribution in [1.29, 1.82) is 0 Å². The summed E-state index contributed by atoms with van der Waals surface area (Å²) in [6.45, 7) is 4.40. The maximum atomic E-state index is 4.75. The number of nitrogens with zero attached hydrogens (tertiary/aromatic N) is 6. The molecular weight excluding hydrogens is 324 g/mol. The Balaban J connectivity index is 1.77. The maximum Gasteiger partial charge on any atom is 0.113 e. The molecule has 0 fully saturated rings. The van der Waals surface area contributed by atoms with Crippen LogP contribution in [0.15, 0.2) is 48.5 Å². The summed E-state index contributed by atoms with van der Waals surface area (Å²) < 4.78 is 0. The molecule has 0 N–H and O–H groups in total. The van der Waals surface area contributed by atoms with Crippen LogP contribution in [0, 0.1) is 0 Å². The van der Waals surface area contributed by atoms with Crippen molar-refractivity contribution >= 4 is 22.1 Å². The molecule has 2 aromatic carbocycles. The van der Waals surface area contributed by atoms with Crippen LogP contribution >= 0.6 is 0 Å². The summed E-state index contributed by atoms with van der Waals surface area (Å²) in [5, 5.41) is 19.0. The minimum absolute atomic E-state index is 0.133. The topological polar surface area (TPSA) is 61.4 Å². The van der Waals surface area contributed by atoms with E-state index in [1.54, 1.807) is 0 Å². The highest BCUT2D eigenvalue weighted by molar-refractivity contribution is 5.73. The van der Waals surface area contributed by atoms with E-state index >= 15 is 0 Å². The van der Waals surface area contributed by atoms with Crippen LogP contribution in [0.25, 0.3) is 22.1 Å². The first-order valence-electron chi connectivity index (χ1n) is 9.43. The van der Waals surface area contributed by atoms with Gasteiger partial charge in [0.15, 0.2) is 0 Å². The van der Waals surface area contributed by atoms with Crippen LogP contribution < -0.4 is 0 Å². The van der Waals surface area contributed by atoms with Gasteiger partial charge in [0.25, 0.3) is 0 Å². The van der Waals surface area contributed by atoms with E-state index in [0.29, 0.717) is 0 Å². The molecule has 4 rings (SSSR count). The van der Waals surface area contributed by atoms with E-state index in [4.69, 9.17) is 20.4 Å². The number of benzene rings is 2. The van der Waals surface area contributed by atoms with E-state index in [9.17, 15) is 0 Å². The molecule has 4 aromatic rings. The lowest BCUT2D eigenvalue weighted by atomic mass is 10.00. The molecule has 0 unspecified atom stereocenters. The predicted molar refractivity (Wildman–Crippen MR) is 103 cm³/mol. The first-order valence-corrected chi connectivity index (χ1v) is 9.43. The van der Waals surface area contributed by atoms with Gasteiger partial charge in [-0.15, -0.1) is 0 Å². The molecule has 6 heteroatoms. The van der Waals surface area contributed by atoms with Gasteiger partial charge in [-0.2, -0.15) is 30.0 Å². The zero-order valence-electron chi connectivity index (χ0n) is 15.3. The molecule has 0 aliphatic heterocycles. The second-order valence-corrected chi connectivity index (χ2v) is 6.73. The summed E-state index contributed by atoms with van der Waals surface area (Å²) in [6, 6.07) is 16.3. The van der Waals surface area contributed by atoms with Crippen molar-refractivity contribution in [2.24, 2.45) is 0 Å². The third-order valence-electron chi connectivity index (χ3n) is 4.81. The number of rotatable bonds is 7. The molecule has 134 valence electrons. The smallest absolute Gasteiger partial charge is 0.113 e. The first-order chi connectivity index (χ1) is 12.8. The zero-order chi connectivity index (χ0) is 17.9. The lowest BCUT2D eigenvalue weighted by Crippen LogP contribution is -2.26. The largest absolute Gasteiger partial charge is 0.178 e. The molecule has 0 radical (unpaired) electrons. The van der Waals surface area contributed by atoms with Crippen molar-refractivity contribution in [2.75, 3.05) is 0 Å². The summed E-state index contributed by atoms with van der Waals surface area (Å²) >= 11 is 0. The second kappa shape index (κ2) is 7.23. The Hall–Kier alpha value is -2.76. The Kier molecular flexibility index (Phi) is 4.65. The van der Waals surface area contributed by atoms with E-state index in [1.165, 1.54) is 0 Å². The van der Waals surface area contributed by atoms with Crippen molar-refractivity contribution in [1.82, 2.24) is 30.0 Å². The number of hydrogen-bond donors (Lipinski definition) is 0. The zero-order valence-corrected chi connectivity index (χ0v) is 15.3. The van der Waals surface area contributed by atoms with Gasteiger partial charge in [-0.1, -0.05) is 51.0 Å². The summed E-state index contributed by atoms with van der Waals surface area (Å²) in [5.74, 6) is 0. The van der Waals surface area contributed by atoms with E-state index < -0.39 is 0 Å². The summed E-state index contributed by atoms with van der Waals surface area (Å²) in [6.07, 6.45) is 4.10. The fourth-order valence-corrected chi connectivity index (χ4v) is 3.56. The lowest BCUT2D eigenvalue weighted by molar-refractivity contribution is 0.218. The van der Waals surface area contributed by atoms with Crippen molar-refractivity contribution in [2.45, 2.75) is 51.6 Å². The van der Waals surface area contributed by atoms with Crippen LogP contribution in [0.2, 0.25) is 0 Å². The molecule has 0 spiro atoms. The Morgan fingerprint density at radius 3 is 1.19 bits per heavy atom. The third-order valence-corrected chi connectivity index (χ3v) is 4.81. The predicted octanol–water partition coefficient (Wildman–Crippen LogP) is 4.56. The molecule has 0 bridgehead atoms. The molecule has 0 amide bonds. The summed E-state index contributed by atoms with van der Waals surface area (Å²) in [4.78, 5) is 3.78. The molecule has 2 aromatic heterocycles. The van der Waals surface area contributed by atoms with Crippen molar-refractivity contribution < 1.29 is 0 Å². The fraction of sp³-hybridized carbons (Fsp3) is 0.400. The van der Waals surface area contributed by atoms with Gasteiger partial charge >= 0.3 is 0 Å². The van der Waals surface area contributed by atoms with E-state index in [1.807, 2.05) is 58.1 Å². The van der Waals surface area contributed by atoms with Gasteiger partial charge in [-0.25, -0.2) is 0 Å².